The minimum Gasteiger partial charge on any atom is -0.347 e. The van der Waals surface area contributed by atoms with Gasteiger partial charge in [-0.25, -0.2) is 4.98 Å². The smallest absolute Gasteiger partial charge is 0.242 e. The van der Waals surface area contributed by atoms with Gasteiger partial charge in [-0.2, -0.15) is 0 Å². The minimum atomic E-state index is -0.0853. The second-order valence-corrected chi connectivity index (χ2v) is 6.76. The highest BCUT2D eigenvalue weighted by Crippen LogP contribution is 2.24. The van der Waals surface area contributed by atoms with E-state index < -0.39 is 0 Å². The number of carbonyl (C=O) groups excluding carboxylic acids is 2. The molecule has 0 spiro atoms. The van der Waals surface area contributed by atoms with Crippen LogP contribution in [0.5, 0.6) is 0 Å². The van der Waals surface area contributed by atoms with Crippen LogP contribution in [0.4, 0.5) is 0 Å². The number of imidazole rings is 1. The summed E-state index contributed by atoms with van der Waals surface area (Å²) in [6.07, 6.45) is 8.98. The molecule has 1 aromatic rings. The molecule has 1 saturated heterocycles. The van der Waals surface area contributed by atoms with Gasteiger partial charge in [0.1, 0.15) is 11.9 Å². The van der Waals surface area contributed by atoms with Crippen molar-refractivity contribution in [3.63, 3.8) is 0 Å². The Morgan fingerprint density at radius 2 is 2.12 bits per heavy atom. The largest absolute Gasteiger partial charge is 0.347 e. The third kappa shape index (κ3) is 3.77. The first kappa shape index (κ1) is 17.0. The fraction of sp³-hybridized carbons (Fsp3) is 0.706. The Bertz CT molecular complexity index is 579. The molecular weight excluding hydrogens is 306 g/mol. The average Bonchev–Trinajstić information content (AvgIpc) is 3.06. The van der Waals surface area contributed by atoms with E-state index in [-0.39, 0.29) is 30.3 Å². The predicted octanol–water partition coefficient (Wildman–Crippen LogP) is 0.590. The Balaban J connectivity index is 1.58. The molecule has 2 fully saturated rings. The molecule has 3 rings (SSSR count). The third-order valence-electron chi connectivity index (χ3n) is 5.11. The van der Waals surface area contributed by atoms with E-state index in [0.29, 0.717) is 13.1 Å². The van der Waals surface area contributed by atoms with Gasteiger partial charge in [0, 0.05) is 45.0 Å². The van der Waals surface area contributed by atoms with Gasteiger partial charge in [-0.1, -0.05) is 19.3 Å². The number of piperazine rings is 1. The molecule has 7 heteroatoms. The molecule has 132 valence electrons. The van der Waals surface area contributed by atoms with Crippen LogP contribution in [0.2, 0.25) is 0 Å². The highest BCUT2D eigenvalue weighted by molar-refractivity contribution is 5.86. The summed E-state index contributed by atoms with van der Waals surface area (Å²) in [6, 6.07) is -0.0853. The number of rotatable bonds is 4. The minimum absolute atomic E-state index is 0.0336. The zero-order valence-electron chi connectivity index (χ0n) is 14.3. The number of nitrogens with zero attached hydrogens (tertiary/aromatic N) is 3. The molecule has 2 amide bonds. The van der Waals surface area contributed by atoms with Crippen LogP contribution in [0.1, 0.15) is 44.0 Å². The Morgan fingerprint density at radius 1 is 1.33 bits per heavy atom. The zero-order valence-corrected chi connectivity index (χ0v) is 14.3. The van der Waals surface area contributed by atoms with Crippen molar-refractivity contribution in [1.82, 2.24) is 25.1 Å². The van der Waals surface area contributed by atoms with Crippen molar-refractivity contribution in [2.75, 3.05) is 26.2 Å². The van der Waals surface area contributed by atoms with E-state index in [4.69, 9.17) is 0 Å². The summed E-state index contributed by atoms with van der Waals surface area (Å²) < 4.78 is 1.94. The fourth-order valence-corrected chi connectivity index (χ4v) is 3.71. The third-order valence-corrected chi connectivity index (χ3v) is 5.11. The van der Waals surface area contributed by atoms with E-state index in [2.05, 4.69) is 15.6 Å². The lowest BCUT2D eigenvalue weighted by Crippen LogP contribution is -2.52. The van der Waals surface area contributed by atoms with Gasteiger partial charge in [0.2, 0.25) is 11.8 Å². The lowest BCUT2D eigenvalue weighted by atomic mass is 9.89. The summed E-state index contributed by atoms with van der Waals surface area (Å²) in [5.74, 6) is 0.953. The van der Waals surface area contributed by atoms with Crippen molar-refractivity contribution >= 4 is 11.8 Å². The average molecular weight is 333 g/mol. The van der Waals surface area contributed by atoms with Crippen LogP contribution in [-0.4, -0.2) is 52.4 Å². The number of nitrogens with one attached hydrogen (secondary N) is 2. The van der Waals surface area contributed by atoms with E-state index in [1.165, 1.54) is 6.42 Å². The van der Waals surface area contributed by atoms with Crippen molar-refractivity contribution < 1.29 is 9.59 Å². The molecule has 0 bridgehead atoms. The second kappa shape index (κ2) is 7.79. The van der Waals surface area contributed by atoms with Gasteiger partial charge >= 0.3 is 0 Å². The van der Waals surface area contributed by atoms with E-state index in [1.54, 1.807) is 6.20 Å². The lowest BCUT2D eigenvalue weighted by molar-refractivity contribution is -0.136. The Hall–Kier alpha value is -1.89. The van der Waals surface area contributed by atoms with Gasteiger partial charge in [0.05, 0.1) is 6.54 Å². The summed E-state index contributed by atoms with van der Waals surface area (Å²) in [6.45, 7) is 2.17. The van der Waals surface area contributed by atoms with Crippen molar-refractivity contribution in [1.29, 1.82) is 0 Å². The molecule has 1 unspecified atom stereocenters. The van der Waals surface area contributed by atoms with E-state index in [1.807, 2.05) is 22.7 Å². The van der Waals surface area contributed by atoms with Crippen molar-refractivity contribution in [2.45, 2.75) is 38.1 Å². The van der Waals surface area contributed by atoms with Gasteiger partial charge in [0.15, 0.2) is 0 Å². The molecule has 2 heterocycles. The van der Waals surface area contributed by atoms with E-state index in [9.17, 15) is 9.59 Å². The van der Waals surface area contributed by atoms with Crippen molar-refractivity contribution in [3.8, 4) is 0 Å². The number of hydrogen-bond donors (Lipinski definition) is 2. The summed E-state index contributed by atoms with van der Waals surface area (Å²) in [5.41, 5.74) is 0. The number of amides is 2. The maximum absolute atomic E-state index is 12.6. The maximum Gasteiger partial charge on any atom is 0.242 e. The first-order valence-electron chi connectivity index (χ1n) is 8.92. The topological polar surface area (TPSA) is 79.3 Å². The summed E-state index contributed by atoms with van der Waals surface area (Å²) in [5, 5.41) is 6.17. The molecule has 24 heavy (non-hydrogen) atoms. The summed E-state index contributed by atoms with van der Waals surface area (Å²) in [4.78, 5) is 31.1. The van der Waals surface area contributed by atoms with Crippen LogP contribution in [-0.2, 0) is 16.6 Å². The molecule has 2 N–H and O–H groups in total. The zero-order chi connectivity index (χ0) is 16.9. The summed E-state index contributed by atoms with van der Waals surface area (Å²) >= 11 is 0. The Kier molecular flexibility index (Phi) is 5.50. The Morgan fingerprint density at radius 3 is 2.83 bits per heavy atom. The number of hydrogen-bond acceptors (Lipinski definition) is 4. The van der Waals surface area contributed by atoms with Crippen LogP contribution >= 0.6 is 0 Å². The molecule has 7 nitrogen and oxygen atoms in total. The van der Waals surface area contributed by atoms with Crippen LogP contribution in [0.25, 0.3) is 0 Å². The Labute approximate surface area is 142 Å². The van der Waals surface area contributed by atoms with Gasteiger partial charge in [-0.05, 0) is 12.8 Å². The van der Waals surface area contributed by atoms with Gasteiger partial charge in [-0.3, -0.25) is 9.59 Å². The highest BCUT2D eigenvalue weighted by atomic mass is 16.2. The first-order chi connectivity index (χ1) is 11.7. The monoisotopic (exact) mass is 333 g/mol. The number of aryl methyl sites for hydroxylation is 1. The van der Waals surface area contributed by atoms with Gasteiger partial charge in [-0.15, -0.1) is 0 Å². The summed E-state index contributed by atoms with van der Waals surface area (Å²) in [7, 11) is 1.93. The number of aromatic nitrogens is 2. The molecule has 1 aliphatic carbocycles. The molecule has 2 aliphatic rings. The first-order valence-corrected chi connectivity index (χ1v) is 8.92. The predicted molar refractivity (Wildman–Crippen MR) is 90.1 cm³/mol. The normalized spacial score (nSPS) is 22.4. The molecule has 1 saturated carbocycles. The molecule has 0 aromatic carbocycles. The molecular formula is C17H27N5O2. The van der Waals surface area contributed by atoms with Crippen LogP contribution in [0.15, 0.2) is 12.4 Å². The van der Waals surface area contributed by atoms with Crippen LogP contribution in [0, 0.1) is 5.92 Å². The lowest BCUT2D eigenvalue weighted by Gasteiger charge is -2.36. The van der Waals surface area contributed by atoms with Crippen LogP contribution in [0.3, 0.4) is 0 Å². The van der Waals surface area contributed by atoms with Gasteiger partial charge < -0.3 is 20.1 Å². The number of carbonyl (C=O) groups is 2. The van der Waals surface area contributed by atoms with E-state index >= 15 is 0 Å². The molecule has 1 aliphatic heterocycles. The van der Waals surface area contributed by atoms with Gasteiger partial charge in [0.25, 0.3) is 0 Å². The maximum atomic E-state index is 12.6. The molecule has 0 radical (unpaired) electrons. The highest BCUT2D eigenvalue weighted by Gasteiger charge is 2.31. The SMILES string of the molecule is Cn1ccnc1C1CNCCN1C(=O)CNC(=O)C1CCCCC1. The second-order valence-electron chi connectivity index (χ2n) is 6.76. The van der Waals surface area contributed by atoms with E-state index in [0.717, 1.165) is 38.1 Å². The quantitative estimate of drug-likeness (QED) is 0.845. The molecule has 1 aromatic heterocycles. The van der Waals surface area contributed by atoms with Crippen LogP contribution < -0.4 is 10.6 Å². The van der Waals surface area contributed by atoms with Crippen molar-refractivity contribution in [2.24, 2.45) is 13.0 Å². The van der Waals surface area contributed by atoms with Crippen molar-refractivity contribution in [3.05, 3.63) is 18.2 Å². The fourth-order valence-electron chi connectivity index (χ4n) is 3.71. The molecule has 1 atom stereocenters. The standard InChI is InChI=1S/C17H27N5O2/c1-21-9-8-19-16(21)14-11-18-7-10-22(14)15(23)12-20-17(24)13-5-3-2-4-6-13/h8-9,13-14,18H,2-7,10-12H2,1H3,(H,20,24).